The van der Waals surface area contributed by atoms with Gasteiger partial charge in [0.05, 0.1) is 42.4 Å². The zero-order valence-corrected chi connectivity index (χ0v) is 37.4. The molecule has 4 aromatic rings. The van der Waals surface area contributed by atoms with E-state index in [2.05, 4.69) is 25.8 Å². The minimum absolute atomic E-state index is 0.0655. The number of nitro benzene ring substituents is 2. The van der Waals surface area contributed by atoms with Crippen molar-refractivity contribution in [2.45, 2.75) is 32.1 Å². The molecule has 3 aliphatic rings. The first-order valence-electron chi connectivity index (χ1n) is 20.5. The molecule has 4 aromatic carbocycles. The van der Waals surface area contributed by atoms with Crippen LogP contribution in [0.25, 0.3) is 0 Å². The molecule has 338 valence electrons. The summed E-state index contributed by atoms with van der Waals surface area (Å²) < 4.78 is 16.6. The second kappa shape index (κ2) is 25.5. The largest absolute Gasteiger partial charge is 0.491 e. The number of hydrogen-bond acceptors (Lipinski definition) is 12. The first kappa shape index (κ1) is 49.2. The highest BCUT2D eigenvalue weighted by Gasteiger charge is 2.20. The lowest BCUT2D eigenvalue weighted by atomic mass is 10.1. The van der Waals surface area contributed by atoms with Crippen LogP contribution in [0.2, 0.25) is 20.1 Å². The predicted molar refractivity (Wildman–Crippen MR) is 246 cm³/mol. The van der Waals surface area contributed by atoms with Gasteiger partial charge in [0.2, 0.25) is 0 Å². The molecule has 0 radical (unpaired) electrons. The van der Waals surface area contributed by atoms with Crippen LogP contribution in [0.4, 0.5) is 22.7 Å². The topological polar surface area (TPSA) is 191 Å². The summed E-state index contributed by atoms with van der Waals surface area (Å²) >= 11 is 24.2. The standard InChI is InChI=1S/C20H21Cl2N3O4.C19H20Cl2N4O4.C4H8O/c21-14-4-7-19(29-11-10-24-8-2-1-3-9-24)16(12-14)20(26)23-18-6-5-15(25(27)28)13-17(18)22;20-13-1-4-18(29-10-9-24-7-5-22-6-8-24)15(11-13)19(26)23-17-3-2-14(25(27)28)12-16(17)21;1-2-4-5-3-1/h4-7,12-13H,1-3,8-11H2,(H,23,26);1-4,11-12,22H,5-10H2,(H,23,26);1-4H2. The number of piperidine rings is 1. The van der Waals surface area contributed by atoms with Gasteiger partial charge in [-0.2, -0.15) is 0 Å². The first-order chi connectivity index (χ1) is 30.4. The van der Waals surface area contributed by atoms with Crippen LogP contribution in [-0.2, 0) is 4.74 Å². The fourth-order valence-corrected chi connectivity index (χ4v) is 7.41. The Morgan fingerprint density at radius 1 is 0.619 bits per heavy atom. The van der Waals surface area contributed by atoms with Crippen molar-refractivity contribution in [3.05, 3.63) is 124 Å². The van der Waals surface area contributed by atoms with Gasteiger partial charge < -0.3 is 30.2 Å². The second-order valence-electron chi connectivity index (χ2n) is 14.5. The molecule has 3 N–H and O–H groups in total. The third kappa shape index (κ3) is 16.1. The summed E-state index contributed by atoms with van der Waals surface area (Å²) in [6.45, 7) is 10.4. The Bertz CT molecular complexity index is 2030. The fourth-order valence-electron chi connectivity index (χ4n) is 6.63. The molecule has 16 nitrogen and oxygen atoms in total. The van der Waals surface area contributed by atoms with Crippen molar-refractivity contribution in [2.24, 2.45) is 0 Å². The number of non-ortho nitro benzene ring substituents is 2. The van der Waals surface area contributed by atoms with E-state index in [1.54, 1.807) is 24.3 Å². The molecular formula is C43H49Cl4N7O9. The predicted octanol–water partition coefficient (Wildman–Crippen LogP) is 9.25. The first-order valence-corrected chi connectivity index (χ1v) is 22.0. The van der Waals surface area contributed by atoms with Crippen molar-refractivity contribution in [1.29, 1.82) is 0 Å². The number of nitrogens with zero attached hydrogens (tertiary/aromatic N) is 4. The molecule has 7 rings (SSSR count). The smallest absolute Gasteiger partial charge is 0.271 e. The lowest BCUT2D eigenvalue weighted by Gasteiger charge is -2.27. The van der Waals surface area contributed by atoms with E-state index in [1.165, 1.54) is 80.6 Å². The Hall–Kier alpha value is -4.78. The number of rotatable bonds is 14. The minimum Gasteiger partial charge on any atom is -0.491 e. The monoisotopic (exact) mass is 947 g/mol. The van der Waals surface area contributed by atoms with Crippen LogP contribution < -0.4 is 25.4 Å². The number of piperazine rings is 1. The van der Waals surface area contributed by atoms with E-state index in [0.29, 0.717) is 34.8 Å². The molecule has 0 spiro atoms. The molecule has 3 heterocycles. The van der Waals surface area contributed by atoms with Crippen molar-refractivity contribution in [2.75, 3.05) is 89.4 Å². The van der Waals surface area contributed by atoms with E-state index in [9.17, 15) is 29.8 Å². The average Bonchev–Trinajstić information content (AvgIpc) is 3.88. The van der Waals surface area contributed by atoms with Crippen LogP contribution in [0.1, 0.15) is 52.8 Å². The molecular weight excluding hydrogens is 900 g/mol. The van der Waals surface area contributed by atoms with E-state index in [1.807, 2.05) is 0 Å². The number of nitro groups is 2. The molecule has 3 saturated heterocycles. The number of anilines is 2. The Morgan fingerprint density at radius 3 is 1.46 bits per heavy atom. The lowest BCUT2D eigenvalue weighted by molar-refractivity contribution is -0.385. The van der Waals surface area contributed by atoms with Crippen molar-refractivity contribution in [1.82, 2.24) is 15.1 Å². The molecule has 3 fully saturated rings. The summed E-state index contributed by atoms with van der Waals surface area (Å²) in [7, 11) is 0. The highest BCUT2D eigenvalue weighted by atomic mass is 35.5. The van der Waals surface area contributed by atoms with E-state index in [0.717, 1.165) is 65.6 Å². The van der Waals surface area contributed by atoms with Gasteiger partial charge in [-0.05, 0) is 87.3 Å². The molecule has 0 bridgehead atoms. The maximum Gasteiger partial charge on any atom is 0.271 e. The molecule has 0 aliphatic carbocycles. The number of ether oxygens (including phenoxy) is 3. The number of nitrogens with one attached hydrogen (secondary N) is 3. The summed E-state index contributed by atoms with van der Waals surface area (Å²) in [5.74, 6) is -0.112. The maximum atomic E-state index is 12.8. The van der Waals surface area contributed by atoms with Crippen LogP contribution in [0, 0.1) is 20.2 Å². The van der Waals surface area contributed by atoms with Gasteiger partial charge in [0.1, 0.15) is 24.7 Å². The van der Waals surface area contributed by atoms with Gasteiger partial charge in [0.15, 0.2) is 0 Å². The highest BCUT2D eigenvalue weighted by molar-refractivity contribution is 6.35. The summed E-state index contributed by atoms with van der Waals surface area (Å²) in [5, 5.41) is 31.2. The van der Waals surface area contributed by atoms with Crippen molar-refractivity contribution >= 4 is 81.0 Å². The Labute approximate surface area is 385 Å². The van der Waals surface area contributed by atoms with Gasteiger partial charge in [0, 0.05) is 86.8 Å². The number of carbonyl (C=O) groups is 2. The number of hydrogen-bond donors (Lipinski definition) is 3. The third-order valence-electron chi connectivity index (χ3n) is 10.0. The minimum atomic E-state index is -0.557. The summed E-state index contributed by atoms with van der Waals surface area (Å²) in [6.07, 6.45) is 6.22. The molecule has 0 saturated carbocycles. The second-order valence-corrected chi connectivity index (χ2v) is 16.2. The molecule has 0 unspecified atom stereocenters. The van der Waals surface area contributed by atoms with Crippen LogP contribution in [0.5, 0.6) is 11.5 Å². The summed E-state index contributed by atoms with van der Waals surface area (Å²) in [4.78, 5) is 50.7. The van der Waals surface area contributed by atoms with Crippen LogP contribution in [-0.4, -0.2) is 110 Å². The SMILES string of the molecule is C1CCOC1.O=C(Nc1ccc([N+](=O)[O-])cc1Cl)c1cc(Cl)ccc1OCCN1CCCCC1.O=C(Nc1ccc([N+](=O)[O-])cc1Cl)c1cc(Cl)ccc1OCCN1CCNCC1. The summed E-state index contributed by atoms with van der Waals surface area (Å²) in [6, 6.07) is 17.3. The molecule has 3 aliphatic heterocycles. The van der Waals surface area contributed by atoms with Crippen LogP contribution in [0.3, 0.4) is 0 Å². The van der Waals surface area contributed by atoms with Gasteiger partial charge in [-0.15, -0.1) is 0 Å². The van der Waals surface area contributed by atoms with Crippen molar-refractivity contribution in [3.8, 4) is 11.5 Å². The molecule has 2 amide bonds. The van der Waals surface area contributed by atoms with Gasteiger partial charge in [-0.3, -0.25) is 39.6 Å². The fraction of sp³-hybridized carbons (Fsp3) is 0.395. The number of halogens is 4. The lowest BCUT2D eigenvalue weighted by Crippen LogP contribution is -2.44. The Balaban J connectivity index is 0.000000213. The highest BCUT2D eigenvalue weighted by Crippen LogP contribution is 2.31. The van der Waals surface area contributed by atoms with E-state index in [4.69, 9.17) is 60.6 Å². The van der Waals surface area contributed by atoms with Crippen molar-refractivity contribution < 1.29 is 33.6 Å². The number of likely N-dealkylation sites (tertiary alicyclic amines) is 1. The van der Waals surface area contributed by atoms with Crippen LogP contribution in [0.15, 0.2) is 72.8 Å². The molecule has 0 atom stereocenters. The maximum absolute atomic E-state index is 12.8. The summed E-state index contributed by atoms with van der Waals surface area (Å²) in [5.41, 5.74) is 0.735. The Morgan fingerprint density at radius 2 is 1.06 bits per heavy atom. The van der Waals surface area contributed by atoms with E-state index in [-0.39, 0.29) is 43.9 Å². The van der Waals surface area contributed by atoms with Gasteiger partial charge in [0.25, 0.3) is 23.2 Å². The normalized spacial score (nSPS) is 15.2. The Kier molecular flexibility index (Phi) is 19.9. The zero-order chi connectivity index (χ0) is 45.1. The van der Waals surface area contributed by atoms with Gasteiger partial charge >= 0.3 is 0 Å². The average molecular weight is 950 g/mol. The molecule has 20 heteroatoms. The quantitative estimate of drug-likeness (QED) is 0.0804. The van der Waals surface area contributed by atoms with Crippen LogP contribution >= 0.6 is 46.4 Å². The van der Waals surface area contributed by atoms with Gasteiger partial charge in [-0.25, -0.2) is 0 Å². The van der Waals surface area contributed by atoms with E-state index >= 15 is 0 Å². The zero-order valence-electron chi connectivity index (χ0n) is 34.4. The third-order valence-corrected chi connectivity index (χ3v) is 11.1. The molecule has 63 heavy (non-hydrogen) atoms. The van der Waals surface area contributed by atoms with Crippen molar-refractivity contribution in [3.63, 3.8) is 0 Å². The number of benzene rings is 4. The number of carbonyl (C=O) groups excluding carboxylic acids is 2. The number of amides is 2. The van der Waals surface area contributed by atoms with E-state index < -0.39 is 21.7 Å². The van der Waals surface area contributed by atoms with Gasteiger partial charge in [-0.1, -0.05) is 52.8 Å². The molecule has 0 aromatic heterocycles.